The second-order valence-corrected chi connectivity index (χ2v) is 4.04. The van der Waals surface area contributed by atoms with Crippen molar-refractivity contribution in [2.45, 2.75) is 0 Å². The summed E-state index contributed by atoms with van der Waals surface area (Å²) in [7, 11) is 0. The van der Waals surface area contributed by atoms with Crippen LogP contribution in [0.2, 0.25) is 0 Å². The molecule has 2 aromatic rings. The molecule has 1 aromatic carbocycles. The Morgan fingerprint density at radius 2 is 2.10 bits per heavy atom. The quantitative estimate of drug-likeness (QED) is 0.822. The highest BCUT2D eigenvalue weighted by molar-refractivity contribution is 5.92. The molecule has 0 aliphatic rings. The monoisotopic (exact) mass is 271 g/mol. The Balaban J connectivity index is 2.07. The molecule has 0 aliphatic carbocycles. The molecule has 2 rings (SSSR count). The summed E-state index contributed by atoms with van der Waals surface area (Å²) >= 11 is 0. The molecule has 1 amide bonds. The van der Waals surface area contributed by atoms with Gasteiger partial charge >= 0.3 is 0 Å². The SMILES string of the molecule is C=CCNC(=O)c1ccc(Nc2ccccc2F)cn1. The number of amides is 1. The van der Waals surface area contributed by atoms with Crippen LogP contribution >= 0.6 is 0 Å². The number of rotatable bonds is 5. The molecular weight excluding hydrogens is 257 g/mol. The van der Waals surface area contributed by atoms with Crippen LogP contribution in [0.3, 0.4) is 0 Å². The number of carbonyl (C=O) groups is 1. The van der Waals surface area contributed by atoms with E-state index in [1.54, 1.807) is 36.4 Å². The van der Waals surface area contributed by atoms with Crippen LogP contribution in [-0.4, -0.2) is 17.4 Å². The molecule has 0 atom stereocenters. The van der Waals surface area contributed by atoms with Crippen LogP contribution in [0.5, 0.6) is 0 Å². The summed E-state index contributed by atoms with van der Waals surface area (Å²) in [6.07, 6.45) is 3.07. The lowest BCUT2D eigenvalue weighted by Gasteiger charge is -2.07. The smallest absolute Gasteiger partial charge is 0.270 e. The Morgan fingerprint density at radius 1 is 1.30 bits per heavy atom. The molecule has 0 saturated heterocycles. The van der Waals surface area contributed by atoms with E-state index in [-0.39, 0.29) is 11.7 Å². The molecule has 5 heteroatoms. The van der Waals surface area contributed by atoms with Gasteiger partial charge in [-0.1, -0.05) is 18.2 Å². The van der Waals surface area contributed by atoms with E-state index in [1.807, 2.05) is 0 Å². The Bertz CT molecular complexity index is 611. The summed E-state index contributed by atoms with van der Waals surface area (Å²) in [5.74, 6) is -0.623. The summed E-state index contributed by atoms with van der Waals surface area (Å²) in [5.41, 5.74) is 1.26. The van der Waals surface area contributed by atoms with Gasteiger partial charge in [0.05, 0.1) is 17.6 Å². The van der Waals surface area contributed by atoms with Gasteiger partial charge in [-0.3, -0.25) is 4.79 Å². The Kier molecular flexibility index (Phi) is 4.44. The topological polar surface area (TPSA) is 54.0 Å². The largest absolute Gasteiger partial charge is 0.352 e. The fraction of sp³-hybridized carbons (Fsp3) is 0.0667. The molecule has 102 valence electrons. The van der Waals surface area contributed by atoms with Crippen molar-refractivity contribution in [1.82, 2.24) is 10.3 Å². The average molecular weight is 271 g/mol. The van der Waals surface area contributed by atoms with Gasteiger partial charge in [-0.25, -0.2) is 9.37 Å². The third-order valence-corrected chi connectivity index (χ3v) is 2.56. The molecule has 0 unspecified atom stereocenters. The number of anilines is 2. The standard InChI is InChI=1S/C15H14FN3O/c1-2-9-17-15(20)14-8-7-11(10-18-14)19-13-6-4-3-5-12(13)16/h2-8,10,19H,1,9H2,(H,17,20). The molecule has 0 bridgehead atoms. The van der Waals surface area contributed by atoms with Crippen molar-refractivity contribution < 1.29 is 9.18 Å². The van der Waals surface area contributed by atoms with Gasteiger partial charge in [0.2, 0.25) is 0 Å². The lowest BCUT2D eigenvalue weighted by Crippen LogP contribution is -2.24. The normalized spacial score (nSPS) is 9.85. The molecule has 0 fully saturated rings. The molecular formula is C15H14FN3O. The number of hydrogen-bond acceptors (Lipinski definition) is 3. The van der Waals surface area contributed by atoms with Crippen LogP contribution in [0.1, 0.15) is 10.5 Å². The van der Waals surface area contributed by atoms with Crippen molar-refractivity contribution in [3.05, 3.63) is 66.8 Å². The van der Waals surface area contributed by atoms with Crippen molar-refractivity contribution in [3.8, 4) is 0 Å². The van der Waals surface area contributed by atoms with Crippen LogP contribution in [0.4, 0.5) is 15.8 Å². The summed E-state index contributed by atoms with van der Waals surface area (Å²) in [6.45, 7) is 3.90. The minimum Gasteiger partial charge on any atom is -0.352 e. The molecule has 4 nitrogen and oxygen atoms in total. The molecule has 1 heterocycles. The third-order valence-electron chi connectivity index (χ3n) is 2.56. The number of carbonyl (C=O) groups excluding carboxylic acids is 1. The lowest BCUT2D eigenvalue weighted by molar-refractivity contribution is 0.0953. The second-order valence-electron chi connectivity index (χ2n) is 4.04. The predicted octanol–water partition coefficient (Wildman–Crippen LogP) is 2.88. The zero-order chi connectivity index (χ0) is 14.4. The molecule has 1 aromatic heterocycles. The number of hydrogen-bond donors (Lipinski definition) is 2. The highest BCUT2D eigenvalue weighted by Gasteiger charge is 2.06. The van der Waals surface area contributed by atoms with E-state index in [4.69, 9.17) is 0 Å². The first-order chi connectivity index (χ1) is 9.70. The summed E-state index contributed by atoms with van der Waals surface area (Å²) in [5, 5.41) is 5.52. The number of pyridine rings is 1. The fourth-order valence-corrected chi connectivity index (χ4v) is 1.58. The molecule has 0 saturated carbocycles. The zero-order valence-electron chi connectivity index (χ0n) is 10.8. The van der Waals surface area contributed by atoms with E-state index in [2.05, 4.69) is 22.2 Å². The van der Waals surface area contributed by atoms with Gasteiger partial charge in [0.25, 0.3) is 5.91 Å². The first kappa shape index (κ1) is 13.7. The van der Waals surface area contributed by atoms with Gasteiger partial charge in [0.1, 0.15) is 11.5 Å². The maximum Gasteiger partial charge on any atom is 0.270 e. The molecule has 0 aliphatic heterocycles. The van der Waals surface area contributed by atoms with Crippen molar-refractivity contribution in [2.24, 2.45) is 0 Å². The number of benzene rings is 1. The number of nitrogens with one attached hydrogen (secondary N) is 2. The van der Waals surface area contributed by atoms with E-state index in [9.17, 15) is 9.18 Å². The van der Waals surface area contributed by atoms with Gasteiger partial charge in [-0.05, 0) is 24.3 Å². The van der Waals surface area contributed by atoms with Crippen LogP contribution in [-0.2, 0) is 0 Å². The van der Waals surface area contributed by atoms with Gasteiger partial charge in [0.15, 0.2) is 0 Å². The first-order valence-electron chi connectivity index (χ1n) is 6.07. The number of halogens is 1. The highest BCUT2D eigenvalue weighted by Crippen LogP contribution is 2.18. The van der Waals surface area contributed by atoms with Crippen LogP contribution < -0.4 is 10.6 Å². The van der Waals surface area contributed by atoms with Gasteiger partial charge in [-0.15, -0.1) is 6.58 Å². The van der Waals surface area contributed by atoms with E-state index in [0.717, 1.165) is 0 Å². The van der Waals surface area contributed by atoms with Gasteiger partial charge in [0, 0.05) is 6.54 Å². The summed E-state index contributed by atoms with van der Waals surface area (Å²) in [6, 6.07) is 9.58. The fourth-order valence-electron chi connectivity index (χ4n) is 1.58. The van der Waals surface area contributed by atoms with E-state index < -0.39 is 0 Å². The number of nitrogens with zero attached hydrogens (tertiary/aromatic N) is 1. The first-order valence-corrected chi connectivity index (χ1v) is 6.07. The third kappa shape index (κ3) is 3.41. The van der Waals surface area contributed by atoms with Gasteiger partial charge in [-0.2, -0.15) is 0 Å². The van der Waals surface area contributed by atoms with Gasteiger partial charge < -0.3 is 10.6 Å². The molecule has 20 heavy (non-hydrogen) atoms. The zero-order valence-corrected chi connectivity index (χ0v) is 10.8. The average Bonchev–Trinajstić information content (AvgIpc) is 2.48. The van der Waals surface area contributed by atoms with E-state index in [0.29, 0.717) is 23.6 Å². The summed E-state index contributed by atoms with van der Waals surface area (Å²) < 4.78 is 13.5. The maximum atomic E-state index is 13.5. The van der Waals surface area contributed by atoms with Crippen LogP contribution in [0, 0.1) is 5.82 Å². The minimum absolute atomic E-state index is 0.276. The Morgan fingerprint density at radius 3 is 2.75 bits per heavy atom. The van der Waals surface area contributed by atoms with Crippen molar-refractivity contribution in [2.75, 3.05) is 11.9 Å². The molecule has 0 spiro atoms. The second kappa shape index (κ2) is 6.47. The Hall–Kier alpha value is -2.69. The maximum absolute atomic E-state index is 13.5. The highest BCUT2D eigenvalue weighted by atomic mass is 19.1. The van der Waals surface area contributed by atoms with Crippen molar-refractivity contribution in [3.63, 3.8) is 0 Å². The van der Waals surface area contributed by atoms with E-state index >= 15 is 0 Å². The molecule has 0 radical (unpaired) electrons. The predicted molar refractivity (Wildman–Crippen MR) is 76.4 cm³/mol. The minimum atomic E-state index is -0.347. The number of aromatic nitrogens is 1. The van der Waals surface area contributed by atoms with Crippen molar-refractivity contribution in [1.29, 1.82) is 0 Å². The molecule has 2 N–H and O–H groups in total. The van der Waals surface area contributed by atoms with E-state index in [1.165, 1.54) is 12.3 Å². The summed E-state index contributed by atoms with van der Waals surface area (Å²) in [4.78, 5) is 15.7. The Labute approximate surface area is 116 Å². The lowest BCUT2D eigenvalue weighted by atomic mass is 10.2. The number of para-hydroxylation sites is 1. The van der Waals surface area contributed by atoms with Crippen molar-refractivity contribution >= 4 is 17.3 Å². The van der Waals surface area contributed by atoms with Crippen LogP contribution in [0.15, 0.2) is 55.3 Å². The van der Waals surface area contributed by atoms with Crippen LogP contribution in [0.25, 0.3) is 0 Å².